The molecule has 2 aromatic rings. The average Bonchev–Trinajstić information content (AvgIpc) is 2.47. The fourth-order valence-corrected chi connectivity index (χ4v) is 1.67. The van der Waals surface area contributed by atoms with Crippen LogP contribution in [0.5, 0.6) is 0 Å². The Kier molecular flexibility index (Phi) is 4.07. The predicted octanol–water partition coefficient (Wildman–Crippen LogP) is 2.44. The van der Waals surface area contributed by atoms with Crippen molar-refractivity contribution in [1.82, 2.24) is 9.97 Å². The molecule has 0 aliphatic heterocycles. The van der Waals surface area contributed by atoms with Gasteiger partial charge in [0, 0.05) is 6.20 Å². The van der Waals surface area contributed by atoms with Gasteiger partial charge in [0.1, 0.15) is 0 Å². The number of benzene rings is 1. The maximum absolute atomic E-state index is 11.4. The molecular formula is C14H15N3O2. The van der Waals surface area contributed by atoms with Crippen LogP contribution in [0.4, 0.5) is 5.95 Å². The molecule has 98 valence electrons. The molecule has 0 saturated heterocycles. The van der Waals surface area contributed by atoms with Gasteiger partial charge in [0.15, 0.2) is 5.69 Å². The van der Waals surface area contributed by atoms with Crippen LogP contribution < -0.4 is 5.32 Å². The van der Waals surface area contributed by atoms with Crippen molar-refractivity contribution in [3.63, 3.8) is 0 Å². The third-order valence-electron chi connectivity index (χ3n) is 2.70. The van der Waals surface area contributed by atoms with Crippen molar-refractivity contribution in [2.24, 2.45) is 0 Å². The quantitative estimate of drug-likeness (QED) is 0.852. The van der Waals surface area contributed by atoms with Crippen molar-refractivity contribution >= 4 is 11.9 Å². The summed E-state index contributed by atoms with van der Waals surface area (Å²) < 4.78 is 4.62. The lowest BCUT2D eigenvalue weighted by Gasteiger charge is -2.14. The second kappa shape index (κ2) is 5.95. The van der Waals surface area contributed by atoms with E-state index in [1.165, 1.54) is 19.4 Å². The van der Waals surface area contributed by atoms with E-state index in [-0.39, 0.29) is 11.7 Å². The van der Waals surface area contributed by atoms with Crippen molar-refractivity contribution in [2.75, 3.05) is 12.4 Å². The molecule has 0 aliphatic rings. The van der Waals surface area contributed by atoms with Gasteiger partial charge >= 0.3 is 5.97 Å². The van der Waals surface area contributed by atoms with E-state index in [2.05, 4.69) is 20.0 Å². The Labute approximate surface area is 111 Å². The monoisotopic (exact) mass is 257 g/mol. The maximum atomic E-state index is 11.4. The molecule has 0 amide bonds. The number of rotatable bonds is 4. The number of carbonyl (C=O) groups is 1. The number of aromatic nitrogens is 2. The largest absolute Gasteiger partial charge is 0.464 e. The minimum atomic E-state index is -0.474. The van der Waals surface area contributed by atoms with Gasteiger partial charge in [-0.05, 0) is 18.6 Å². The summed E-state index contributed by atoms with van der Waals surface area (Å²) in [5, 5.41) is 3.15. The number of nitrogens with one attached hydrogen (secondary N) is 1. The van der Waals surface area contributed by atoms with E-state index in [1.807, 2.05) is 37.3 Å². The van der Waals surface area contributed by atoms with Gasteiger partial charge in [-0.3, -0.25) is 0 Å². The molecule has 1 heterocycles. The summed E-state index contributed by atoms with van der Waals surface area (Å²) in [5.41, 5.74) is 1.36. The molecule has 0 radical (unpaired) electrons. The molecule has 0 bridgehead atoms. The third kappa shape index (κ3) is 3.28. The first-order valence-electron chi connectivity index (χ1n) is 5.93. The van der Waals surface area contributed by atoms with Crippen molar-refractivity contribution in [1.29, 1.82) is 0 Å². The van der Waals surface area contributed by atoms with E-state index in [0.29, 0.717) is 5.95 Å². The third-order valence-corrected chi connectivity index (χ3v) is 2.70. The standard InChI is InChI=1S/C14H15N3O2/c1-10(11-6-4-3-5-7-11)16-14-15-9-8-12(17-14)13(18)19-2/h3-10H,1-2H3,(H,15,16,17). The fourth-order valence-electron chi connectivity index (χ4n) is 1.67. The SMILES string of the molecule is COC(=O)c1ccnc(NC(C)c2ccccc2)n1. The van der Waals surface area contributed by atoms with Crippen LogP contribution in [0, 0.1) is 0 Å². The highest BCUT2D eigenvalue weighted by Gasteiger charge is 2.10. The molecule has 1 aromatic carbocycles. The fraction of sp³-hybridized carbons (Fsp3) is 0.214. The molecule has 0 spiro atoms. The van der Waals surface area contributed by atoms with E-state index in [0.717, 1.165) is 5.56 Å². The molecule has 2 rings (SSSR count). The van der Waals surface area contributed by atoms with Gasteiger partial charge in [0.05, 0.1) is 13.2 Å². The first-order valence-corrected chi connectivity index (χ1v) is 5.93. The average molecular weight is 257 g/mol. The van der Waals surface area contributed by atoms with Gasteiger partial charge in [-0.25, -0.2) is 14.8 Å². The lowest BCUT2D eigenvalue weighted by atomic mass is 10.1. The normalized spacial score (nSPS) is 11.7. The van der Waals surface area contributed by atoms with Gasteiger partial charge in [0.2, 0.25) is 5.95 Å². The summed E-state index contributed by atoms with van der Waals surface area (Å²) in [6, 6.07) is 11.5. The Morgan fingerprint density at radius 2 is 2.00 bits per heavy atom. The number of anilines is 1. The van der Waals surface area contributed by atoms with Crippen LogP contribution in [0.15, 0.2) is 42.6 Å². The van der Waals surface area contributed by atoms with Gasteiger partial charge in [0.25, 0.3) is 0 Å². The van der Waals surface area contributed by atoms with Crippen LogP contribution in [0.25, 0.3) is 0 Å². The molecule has 0 aliphatic carbocycles. The topological polar surface area (TPSA) is 64.1 Å². The van der Waals surface area contributed by atoms with Crippen molar-refractivity contribution in [2.45, 2.75) is 13.0 Å². The number of esters is 1. The molecule has 1 atom stereocenters. The molecular weight excluding hydrogens is 242 g/mol. The van der Waals surface area contributed by atoms with E-state index in [4.69, 9.17) is 0 Å². The Morgan fingerprint density at radius 1 is 1.26 bits per heavy atom. The van der Waals surface area contributed by atoms with Crippen LogP contribution in [-0.2, 0) is 4.74 Å². The smallest absolute Gasteiger partial charge is 0.356 e. The van der Waals surface area contributed by atoms with Crippen LogP contribution in [0.2, 0.25) is 0 Å². The van der Waals surface area contributed by atoms with Gasteiger partial charge < -0.3 is 10.1 Å². The Bertz CT molecular complexity index is 558. The lowest BCUT2D eigenvalue weighted by Crippen LogP contribution is -2.12. The second-order valence-corrected chi connectivity index (χ2v) is 4.03. The summed E-state index contributed by atoms with van der Waals surface area (Å²) in [4.78, 5) is 19.6. The van der Waals surface area contributed by atoms with Crippen molar-refractivity contribution < 1.29 is 9.53 Å². The Hall–Kier alpha value is -2.43. The van der Waals surface area contributed by atoms with E-state index < -0.39 is 5.97 Å². The highest BCUT2D eigenvalue weighted by atomic mass is 16.5. The zero-order valence-electron chi connectivity index (χ0n) is 10.8. The van der Waals surface area contributed by atoms with Crippen molar-refractivity contribution in [3.05, 3.63) is 53.9 Å². The highest BCUT2D eigenvalue weighted by molar-refractivity contribution is 5.87. The molecule has 5 heteroatoms. The maximum Gasteiger partial charge on any atom is 0.356 e. The van der Waals surface area contributed by atoms with Crippen LogP contribution in [-0.4, -0.2) is 23.0 Å². The molecule has 0 saturated carbocycles. The Morgan fingerprint density at radius 3 is 2.68 bits per heavy atom. The second-order valence-electron chi connectivity index (χ2n) is 4.03. The minimum Gasteiger partial charge on any atom is -0.464 e. The number of carbonyl (C=O) groups excluding carboxylic acids is 1. The number of hydrogen-bond acceptors (Lipinski definition) is 5. The first kappa shape index (κ1) is 13.0. The molecule has 1 N–H and O–H groups in total. The lowest BCUT2D eigenvalue weighted by molar-refractivity contribution is 0.0594. The van der Waals surface area contributed by atoms with Crippen LogP contribution in [0.1, 0.15) is 29.0 Å². The summed E-state index contributed by atoms with van der Waals surface area (Å²) in [5.74, 6) is -0.0722. The predicted molar refractivity (Wildman–Crippen MR) is 71.9 cm³/mol. The number of ether oxygens (including phenoxy) is 1. The van der Waals surface area contributed by atoms with Gasteiger partial charge in [-0.2, -0.15) is 0 Å². The zero-order chi connectivity index (χ0) is 13.7. The molecule has 19 heavy (non-hydrogen) atoms. The number of methoxy groups -OCH3 is 1. The summed E-state index contributed by atoms with van der Waals surface area (Å²) in [6.45, 7) is 2.00. The number of hydrogen-bond donors (Lipinski definition) is 1. The van der Waals surface area contributed by atoms with E-state index in [9.17, 15) is 4.79 Å². The van der Waals surface area contributed by atoms with Gasteiger partial charge in [-0.1, -0.05) is 30.3 Å². The first-order chi connectivity index (χ1) is 9.20. The summed E-state index contributed by atoms with van der Waals surface area (Å²) >= 11 is 0. The summed E-state index contributed by atoms with van der Waals surface area (Å²) in [7, 11) is 1.32. The molecule has 1 unspecified atom stereocenters. The van der Waals surface area contributed by atoms with Crippen molar-refractivity contribution in [3.8, 4) is 0 Å². The van der Waals surface area contributed by atoms with E-state index >= 15 is 0 Å². The van der Waals surface area contributed by atoms with Crippen LogP contribution in [0.3, 0.4) is 0 Å². The molecule has 0 fully saturated rings. The number of nitrogens with zero attached hydrogens (tertiary/aromatic N) is 2. The van der Waals surface area contributed by atoms with Gasteiger partial charge in [-0.15, -0.1) is 0 Å². The molecule has 1 aromatic heterocycles. The van der Waals surface area contributed by atoms with Crippen LogP contribution >= 0.6 is 0 Å². The highest BCUT2D eigenvalue weighted by Crippen LogP contribution is 2.16. The minimum absolute atomic E-state index is 0.0501. The molecule has 5 nitrogen and oxygen atoms in total. The van der Waals surface area contributed by atoms with E-state index in [1.54, 1.807) is 0 Å². The zero-order valence-corrected chi connectivity index (χ0v) is 10.8. The Balaban J connectivity index is 2.13. The summed E-state index contributed by atoms with van der Waals surface area (Å²) in [6.07, 6.45) is 1.53.